The number of sulfone groups is 1. The van der Waals surface area contributed by atoms with Crippen LogP contribution in [0.25, 0.3) is 0 Å². The summed E-state index contributed by atoms with van der Waals surface area (Å²) in [5, 5.41) is 6.58. The molecule has 7 heteroatoms. The molecular weight excluding hydrogens is 326 g/mol. The van der Waals surface area contributed by atoms with Gasteiger partial charge in [-0.3, -0.25) is 4.99 Å². The molecule has 3 rings (SSSR count). The highest BCUT2D eigenvalue weighted by Crippen LogP contribution is 2.34. The third kappa shape index (κ3) is 4.08. The lowest BCUT2D eigenvalue weighted by Crippen LogP contribution is -2.47. The fourth-order valence-electron chi connectivity index (χ4n) is 3.31. The van der Waals surface area contributed by atoms with Crippen molar-refractivity contribution in [3.63, 3.8) is 0 Å². The van der Waals surface area contributed by atoms with Crippen LogP contribution in [0.15, 0.2) is 40.2 Å². The molecule has 0 aliphatic carbocycles. The number of nitrogens with one attached hydrogen (secondary N) is 2. The molecule has 2 aliphatic rings. The largest absolute Gasteiger partial charge is 0.373 e. The van der Waals surface area contributed by atoms with Crippen LogP contribution < -0.4 is 10.6 Å². The van der Waals surface area contributed by atoms with Crippen molar-refractivity contribution in [3.8, 4) is 0 Å². The third-order valence-electron chi connectivity index (χ3n) is 4.50. The second-order valence-corrected chi connectivity index (χ2v) is 8.36. The molecule has 0 radical (unpaired) electrons. The molecule has 0 saturated carbocycles. The molecular formula is C17H25N3O3S. The Morgan fingerprint density at radius 3 is 2.71 bits per heavy atom. The lowest BCUT2D eigenvalue weighted by molar-refractivity contribution is 0.0992. The van der Waals surface area contributed by atoms with E-state index in [1.165, 1.54) is 0 Å². The van der Waals surface area contributed by atoms with Gasteiger partial charge in [0.25, 0.3) is 0 Å². The molecule has 6 nitrogen and oxygen atoms in total. The zero-order valence-corrected chi connectivity index (χ0v) is 14.8. The van der Waals surface area contributed by atoms with Gasteiger partial charge >= 0.3 is 0 Å². The van der Waals surface area contributed by atoms with E-state index < -0.39 is 9.84 Å². The smallest absolute Gasteiger partial charge is 0.191 e. The Labute approximate surface area is 143 Å². The predicted molar refractivity (Wildman–Crippen MR) is 93.9 cm³/mol. The topological polar surface area (TPSA) is 79.8 Å². The van der Waals surface area contributed by atoms with Gasteiger partial charge in [0.1, 0.15) is 0 Å². The van der Waals surface area contributed by atoms with E-state index in [0.717, 1.165) is 25.8 Å². The zero-order valence-electron chi connectivity index (χ0n) is 13.9. The lowest BCUT2D eigenvalue weighted by atomic mass is 9.96. The van der Waals surface area contributed by atoms with E-state index in [2.05, 4.69) is 15.6 Å². The van der Waals surface area contributed by atoms with Crippen molar-refractivity contribution in [1.29, 1.82) is 0 Å². The van der Waals surface area contributed by atoms with Crippen molar-refractivity contribution < 1.29 is 13.2 Å². The van der Waals surface area contributed by atoms with Crippen LogP contribution in [-0.2, 0) is 14.6 Å². The minimum absolute atomic E-state index is 0.000801. The van der Waals surface area contributed by atoms with Crippen molar-refractivity contribution >= 4 is 15.8 Å². The van der Waals surface area contributed by atoms with Gasteiger partial charge in [0, 0.05) is 6.54 Å². The Balaban J connectivity index is 1.58. The average Bonchev–Trinajstić information content (AvgIpc) is 3.18. The van der Waals surface area contributed by atoms with Crippen LogP contribution in [0.5, 0.6) is 0 Å². The van der Waals surface area contributed by atoms with Gasteiger partial charge in [0.05, 0.1) is 35.4 Å². The Kier molecular flexibility index (Phi) is 5.40. The van der Waals surface area contributed by atoms with E-state index >= 15 is 0 Å². The van der Waals surface area contributed by atoms with Gasteiger partial charge in [-0.25, -0.2) is 8.42 Å². The molecule has 0 amide bonds. The number of aliphatic imine (C=N–C) groups is 1. The Morgan fingerprint density at radius 2 is 2.08 bits per heavy atom. The van der Waals surface area contributed by atoms with Gasteiger partial charge < -0.3 is 15.4 Å². The summed E-state index contributed by atoms with van der Waals surface area (Å²) >= 11 is 0. The molecule has 3 unspecified atom stereocenters. The number of hydrogen-bond donors (Lipinski definition) is 2. The molecule has 0 spiro atoms. The van der Waals surface area contributed by atoms with Crippen LogP contribution in [0.1, 0.15) is 26.2 Å². The van der Waals surface area contributed by atoms with E-state index in [9.17, 15) is 8.42 Å². The van der Waals surface area contributed by atoms with E-state index in [0.29, 0.717) is 17.0 Å². The van der Waals surface area contributed by atoms with Gasteiger partial charge in [-0.1, -0.05) is 18.2 Å². The van der Waals surface area contributed by atoms with E-state index in [-0.39, 0.29) is 24.4 Å². The standard InChI is InChI=1S/C17H25N3O3S/c1-2-18-17(20-15-12-13-8-9-16(15)23-13)19-10-11-24(21,22)14-6-4-3-5-7-14/h3-7,13,15-16H,2,8-12H2,1H3,(H2,18,19,20). The molecule has 2 heterocycles. The molecule has 2 aliphatic heterocycles. The Bertz CT molecular complexity index is 676. The first kappa shape index (κ1) is 17.2. The number of hydrogen-bond acceptors (Lipinski definition) is 4. The highest BCUT2D eigenvalue weighted by Gasteiger charge is 2.41. The van der Waals surface area contributed by atoms with E-state index in [1.54, 1.807) is 24.3 Å². The molecule has 132 valence electrons. The van der Waals surface area contributed by atoms with Crippen molar-refractivity contribution in [3.05, 3.63) is 30.3 Å². The molecule has 2 fully saturated rings. The van der Waals surface area contributed by atoms with Crippen molar-refractivity contribution in [1.82, 2.24) is 10.6 Å². The van der Waals surface area contributed by atoms with Crippen LogP contribution in [0.2, 0.25) is 0 Å². The molecule has 2 N–H and O–H groups in total. The minimum atomic E-state index is -3.29. The maximum atomic E-state index is 12.3. The molecule has 1 aromatic carbocycles. The Hall–Kier alpha value is -1.60. The SMILES string of the molecule is CCNC(=NCCS(=O)(=O)c1ccccc1)NC1CC2CCC1O2. The van der Waals surface area contributed by atoms with Crippen molar-refractivity contribution in [2.45, 2.75) is 49.3 Å². The van der Waals surface area contributed by atoms with Gasteiger partial charge in [-0.15, -0.1) is 0 Å². The summed E-state index contributed by atoms with van der Waals surface area (Å²) in [4.78, 5) is 4.78. The lowest BCUT2D eigenvalue weighted by Gasteiger charge is -2.22. The molecule has 2 bridgehead atoms. The zero-order chi connectivity index (χ0) is 17.0. The van der Waals surface area contributed by atoms with Crippen LogP contribution >= 0.6 is 0 Å². The van der Waals surface area contributed by atoms with Gasteiger partial charge in [0.15, 0.2) is 15.8 Å². The monoisotopic (exact) mass is 351 g/mol. The van der Waals surface area contributed by atoms with Crippen molar-refractivity contribution in [2.24, 2.45) is 4.99 Å². The van der Waals surface area contributed by atoms with Crippen LogP contribution in [0.4, 0.5) is 0 Å². The van der Waals surface area contributed by atoms with Crippen LogP contribution in [-0.4, -0.2) is 51.5 Å². The fraction of sp³-hybridized carbons (Fsp3) is 0.588. The number of fused-ring (bicyclic) bond motifs is 2. The summed E-state index contributed by atoms with van der Waals surface area (Å²) in [5.41, 5.74) is 0. The number of nitrogens with zero attached hydrogens (tertiary/aromatic N) is 1. The van der Waals surface area contributed by atoms with Gasteiger partial charge in [-0.2, -0.15) is 0 Å². The summed E-state index contributed by atoms with van der Waals surface area (Å²) in [6.07, 6.45) is 3.86. The minimum Gasteiger partial charge on any atom is -0.373 e. The van der Waals surface area contributed by atoms with Crippen LogP contribution in [0, 0.1) is 0 Å². The summed E-state index contributed by atoms with van der Waals surface area (Å²) in [6, 6.07) is 8.78. The normalized spacial score (nSPS) is 26.5. The maximum Gasteiger partial charge on any atom is 0.191 e. The molecule has 0 aromatic heterocycles. The van der Waals surface area contributed by atoms with E-state index in [1.807, 2.05) is 13.0 Å². The first-order chi connectivity index (χ1) is 11.6. The number of rotatable bonds is 6. The summed E-state index contributed by atoms with van der Waals surface area (Å²) in [7, 11) is -3.29. The quantitative estimate of drug-likeness (QED) is 0.597. The second kappa shape index (κ2) is 7.53. The first-order valence-corrected chi connectivity index (χ1v) is 10.2. The number of benzene rings is 1. The summed E-state index contributed by atoms with van der Waals surface area (Å²) < 4.78 is 30.4. The molecule has 3 atom stereocenters. The third-order valence-corrected chi connectivity index (χ3v) is 6.22. The fourth-order valence-corrected chi connectivity index (χ4v) is 4.45. The highest BCUT2D eigenvalue weighted by molar-refractivity contribution is 7.91. The first-order valence-electron chi connectivity index (χ1n) is 8.56. The Morgan fingerprint density at radius 1 is 1.29 bits per heavy atom. The number of ether oxygens (including phenoxy) is 1. The number of guanidine groups is 1. The van der Waals surface area contributed by atoms with Crippen LogP contribution in [0.3, 0.4) is 0 Å². The van der Waals surface area contributed by atoms with Crippen molar-refractivity contribution in [2.75, 3.05) is 18.8 Å². The van der Waals surface area contributed by atoms with E-state index in [4.69, 9.17) is 4.74 Å². The molecule has 2 saturated heterocycles. The second-order valence-electron chi connectivity index (χ2n) is 6.25. The molecule has 24 heavy (non-hydrogen) atoms. The highest BCUT2D eigenvalue weighted by atomic mass is 32.2. The summed E-state index contributed by atoms with van der Waals surface area (Å²) in [5.74, 6) is 0.669. The van der Waals surface area contributed by atoms with Gasteiger partial charge in [0.2, 0.25) is 0 Å². The van der Waals surface area contributed by atoms with Gasteiger partial charge in [-0.05, 0) is 38.3 Å². The predicted octanol–water partition coefficient (Wildman–Crippen LogP) is 1.34. The molecule has 1 aromatic rings. The maximum absolute atomic E-state index is 12.3. The average molecular weight is 351 g/mol. The summed E-state index contributed by atoms with van der Waals surface area (Å²) in [6.45, 7) is 2.96.